The lowest BCUT2D eigenvalue weighted by Gasteiger charge is -2.15. The predicted octanol–water partition coefficient (Wildman–Crippen LogP) is 5.05. The molecule has 0 N–H and O–H groups in total. The lowest BCUT2D eigenvalue weighted by atomic mass is 9.89. The average Bonchev–Trinajstić information content (AvgIpc) is 2.60. The van der Waals surface area contributed by atoms with Crippen LogP contribution in [0.3, 0.4) is 0 Å². The fraction of sp³-hybridized carbons (Fsp3) is 0.824. The van der Waals surface area contributed by atoms with E-state index in [0.717, 1.165) is 6.42 Å². The topological polar surface area (TPSA) is 17.1 Å². The van der Waals surface area contributed by atoms with Crippen LogP contribution in [0.4, 0.5) is 0 Å². The first-order valence-electron chi connectivity index (χ1n) is 7.96. The standard InChI is InChI=1S/C17H28O/c1-13(2)17-15-11-9-7-5-3-4-6-8-10-14(15)12-16(17)18/h13-14H,3-12H2,1-2H3. The highest BCUT2D eigenvalue weighted by Gasteiger charge is 2.32. The summed E-state index contributed by atoms with van der Waals surface area (Å²) >= 11 is 0. The molecule has 0 aromatic rings. The van der Waals surface area contributed by atoms with Gasteiger partial charge in [0.15, 0.2) is 5.78 Å². The first kappa shape index (κ1) is 13.8. The van der Waals surface area contributed by atoms with E-state index in [1.165, 1.54) is 63.4 Å². The Morgan fingerprint density at radius 1 is 0.944 bits per heavy atom. The third-order valence-corrected chi connectivity index (χ3v) is 4.65. The minimum atomic E-state index is 0.433. The second-order valence-electron chi connectivity index (χ2n) is 6.43. The molecule has 1 unspecified atom stereocenters. The number of carbonyl (C=O) groups excluding carboxylic acids is 1. The summed E-state index contributed by atoms with van der Waals surface area (Å²) < 4.78 is 0. The normalized spacial score (nSPS) is 27.3. The van der Waals surface area contributed by atoms with Crippen LogP contribution < -0.4 is 0 Å². The van der Waals surface area contributed by atoms with Crippen LogP contribution in [-0.2, 0) is 4.79 Å². The summed E-state index contributed by atoms with van der Waals surface area (Å²) in [5, 5.41) is 0. The molecular weight excluding hydrogens is 220 g/mol. The van der Waals surface area contributed by atoms with Crippen LogP contribution in [0.1, 0.15) is 78.1 Å². The smallest absolute Gasteiger partial charge is 0.159 e. The van der Waals surface area contributed by atoms with Gasteiger partial charge >= 0.3 is 0 Å². The van der Waals surface area contributed by atoms with Crippen LogP contribution in [0.2, 0.25) is 0 Å². The number of ketones is 1. The minimum Gasteiger partial charge on any atom is -0.295 e. The van der Waals surface area contributed by atoms with Crippen LogP contribution in [0.25, 0.3) is 0 Å². The van der Waals surface area contributed by atoms with E-state index in [1.54, 1.807) is 5.57 Å². The molecular formula is C17H28O. The molecule has 1 nitrogen and oxygen atoms in total. The van der Waals surface area contributed by atoms with Crippen molar-refractivity contribution in [3.8, 4) is 0 Å². The molecule has 1 heteroatoms. The van der Waals surface area contributed by atoms with Gasteiger partial charge in [0, 0.05) is 6.42 Å². The van der Waals surface area contributed by atoms with Crippen molar-refractivity contribution >= 4 is 5.78 Å². The third kappa shape index (κ3) is 3.24. The summed E-state index contributed by atoms with van der Waals surface area (Å²) in [6.45, 7) is 4.38. The van der Waals surface area contributed by atoms with Crippen molar-refractivity contribution in [2.45, 2.75) is 78.1 Å². The molecule has 0 aromatic carbocycles. The van der Waals surface area contributed by atoms with Gasteiger partial charge in [0.1, 0.15) is 0 Å². The zero-order chi connectivity index (χ0) is 13.0. The van der Waals surface area contributed by atoms with E-state index >= 15 is 0 Å². The molecule has 2 aliphatic carbocycles. The summed E-state index contributed by atoms with van der Waals surface area (Å²) in [5.41, 5.74) is 2.76. The first-order valence-corrected chi connectivity index (χ1v) is 7.96. The Labute approximate surface area is 112 Å². The molecule has 1 fully saturated rings. The van der Waals surface area contributed by atoms with Gasteiger partial charge in [-0.25, -0.2) is 0 Å². The molecule has 0 radical (unpaired) electrons. The van der Waals surface area contributed by atoms with Crippen molar-refractivity contribution in [1.82, 2.24) is 0 Å². The van der Waals surface area contributed by atoms with E-state index in [4.69, 9.17) is 0 Å². The van der Waals surface area contributed by atoms with Crippen LogP contribution >= 0.6 is 0 Å². The lowest BCUT2D eigenvalue weighted by Crippen LogP contribution is -2.03. The van der Waals surface area contributed by atoms with Crippen LogP contribution in [-0.4, -0.2) is 5.78 Å². The summed E-state index contributed by atoms with van der Waals surface area (Å²) in [6.07, 6.45) is 12.8. The summed E-state index contributed by atoms with van der Waals surface area (Å²) in [4.78, 5) is 12.2. The van der Waals surface area contributed by atoms with Crippen molar-refractivity contribution in [2.75, 3.05) is 0 Å². The van der Waals surface area contributed by atoms with Crippen LogP contribution in [0.5, 0.6) is 0 Å². The van der Waals surface area contributed by atoms with E-state index in [-0.39, 0.29) is 0 Å². The van der Waals surface area contributed by atoms with Crippen molar-refractivity contribution in [3.63, 3.8) is 0 Å². The minimum absolute atomic E-state index is 0.433. The number of hydrogen-bond donors (Lipinski definition) is 0. The molecule has 1 saturated carbocycles. The van der Waals surface area contributed by atoms with Crippen molar-refractivity contribution in [1.29, 1.82) is 0 Å². The van der Waals surface area contributed by atoms with Gasteiger partial charge in [-0.2, -0.15) is 0 Å². The van der Waals surface area contributed by atoms with Gasteiger partial charge in [-0.15, -0.1) is 0 Å². The maximum atomic E-state index is 12.2. The number of fused-ring (bicyclic) bond motifs is 1. The molecule has 2 aliphatic rings. The highest BCUT2D eigenvalue weighted by atomic mass is 16.1. The average molecular weight is 248 g/mol. The van der Waals surface area contributed by atoms with Gasteiger partial charge in [-0.05, 0) is 36.7 Å². The number of allylic oxidation sites excluding steroid dienone is 2. The highest BCUT2D eigenvalue weighted by molar-refractivity contribution is 5.99. The van der Waals surface area contributed by atoms with Crippen molar-refractivity contribution < 1.29 is 4.79 Å². The van der Waals surface area contributed by atoms with E-state index in [2.05, 4.69) is 13.8 Å². The largest absolute Gasteiger partial charge is 0.295 e. The van der Waals surface area contributed by atoms with Gasteiger partial charge in [-0.3, -0.25) is 4.79 Å². The molecule has 0 amide bonds. The Balaban J connectivity index is 2.14. The summed E-state index contributed by atoms with van der Waals surface area (Å²) in [6, 6.07) is 0. The van der Waals surface area contributed by atoms with Crippen LogP contribution in [0.15, 0.2) is 11.1 Å². The molecule has 18 heavy (non-hydrogen) atoms. The third-order valence-electron chi connectivity index (χ3n) is 4.65. The molecule has 0 aliphatic heterocycles. The number of carbonyl (C=O) groups is 1. The molecule has 0 saturated heterocycles. The van der Waals surface area contributed by atoms with Crippen LogP contribution in [0, 0.1) is 11.8 Å². The van der Waals surface area contributed by atoms with E-state index in [1.807, 2.05) is 0 Å². The lowest BCUT2D eigenvalue weighted by molar-refractivity contribution is -0.115. The number of rotatable bonds is 1. The second-order valence-corrected chi connectivity index (χ2v) is 6.43. The first-order chi connectivity index (χ1) is 8.70. The Bertz CT molecular complexity index is 325. The van der Waals surface area contributed by atoms with Gasteiger partial charge in [0.25, 0.3) is 0 Å². The highest BCUT2D eigenvalue weighted by Crippen LogP contribution is 2.39. The fourth-order valence-corrected chi connectivity index (χ4v) is 3.75. The molecule has 102 valence electrons. The van der Waals surface area contributed by atoms with E-state index in [9.17, 15) is 4.79 Å². The number of Topliss-reactive ketones (excluding diaryl/α,β-unsaturated/α-hetero) is 1. The quantitative estimate of drug-likeness (QED) is 0.634. The Kier molecular flexibility index (Phi) is 5.03. The van der Waals surface area contributed by atoms with E-state index in [0.29, 0.717) is 17.6 Å². The maximum Gasteiger partial charge on any atom is 0.159 e. The monoisotopic (exact) mass is 248 g/mol. The zero-order valence-electron chi connectivity index (χ0n) is 12.1. The predicted molar refractivity (Wildman–Crippen MR) is 76.5 cm³/mol. The van der Waals surface area contributed by atoms with Gasteiger partial charge in [0.05, 0.1) is 0 Å². The van der Waals surface area contributed by atoms with Gasteiger partial charge < -0.3 is 0 Å². The fourth-order valence-electron chi connectivity index (χ4n) is 3.75. The molecule has 0 heterocycles. The zero-order valence-corrected chi connectivity index (χ0v) is 12.1. The molecule has 0 bridgehead atoms. The maximum absolute atomic E-state index is 12.2. The molecule has 1 atom stereocenters. The van der Waals surface area contributed by atoms with Crippen molar-refractivity contribution in [3.05, 3.63) is 11.1 Å². The Morgan fingerprint density at radius 3 is 2.22 bits per heavy atom. The van der Waals surface area contributed by atoms with Crippen molar-refractivity contribution in [2.24, 2.45) is 11.8 Å². The summed E-state index contributed by atoms with van der Waals surface area (Å²) in [7, 11) is 0. The number of hydrogen-bond acceptors (Lipinski definition) is 1. The van der Waals surface area contributed by atoms with Gasteiger partial charge in [-0.1, -0.05) is 57.9 Å². The molecule has 2 rings (SSSR count). The van der Waals surface area contributed by atoms with Gasteiger partial charge in [0.2, 0.25) is 0 Å². The Hall–Kier alpha value is -0.590. The second kappa shape index (κ2) is 6.54. The summed E-state index contributed by atoms with van der Waals surface area (Å²) in [5.74, 6) is 1.50. The SMILES string of the molecule is CC(C)C1=C2CCCCCCCCCC2CC1=O. The molecule has 0 aromatic heterocycles. The molecule has 0 spiro atoms. The van der Waals surface area contributed by atoms with E-state index < -0.39 is 0 Å². The Morgan fingerprint density at radius 2 is 1.56 bits per heavy atom.